The van der Waals surface area contributed by atoms with Gasteiger partial charge in [-0.15, -0.1) is 0 Å². The molecule has 1 rings (SSSR count). The van der Waals surface area contributed by atoms with Crippen LogP contribution < -0.4 is 5.32 Å². The average molecular weight is 241 g/mol. The Labute approximate surface area is 86.9 Å². The van der Waals surface area contributed by atoms with Crippen LogP contribution in [-0.4, -0.2) is 30.0 Å². The van der Waals surface area contributed by atoms with Gasteiger partial charge in [-0.1, -0.05) is 0 Å². The summed E-state index contributed by atoms with van der Waals surface area (Å²) in [6, 6.07) is 2.08. The predicted molar refractivity (Wildman–Crippen MR) is 45.1 cm³/mol. The van der Waals surface area contributed by atoms with Crippen molar-refractivity contribution < 1.29 is 31.9 Å². The molecule has 1 aromatic heterocycles. The molecule has 0 radical (unpaired) electrons. The van der Waals surface area contributed by atoms with Gasteiger partial charge in [-0.05, 0) is 6.07 Å². The normalized spacial score (nSPS) is 11.8. The van der Waals surface area contributed by atoms with Gasteiger partial charge in [0.15, 0.2) is 5.88 Å². The van der Waals surface area contributed by atoms with E-state index in [0.29, 0.717) is 0 Å². The molecule has 0 atom stereocenters. The third-order valence-corrected chi connectivity index (χ3v) is 1.63. The van der Waals surface area contributed by atoms with Gasteiger partial charge in [0.05, 0.1) is 6.54 Å². The number of hydrogen-bond acceptors (Lipinski definition) is 3. The van der Waals surface area contributed by atoms with Crippen LogP contribution in [0.25, 0.3) is 0 Å². The molecule has 16 heavy (non-hydrogen) atoms. The summed E-state index contributed by atoms with van der Waals surface area (Å²) < 4.78 is 52.9. The summed E-state index contributed by atoms with van der Waals surface area (Å²) in [5.41, 5.74) is 0. The molecule has 0 saturated heterocycles. The van der Waals surface area contributed by atoms with E-state index < -0.39 is 30.6 Å². The Morgan fingerprint density at radius 3 is 2.56 bits per heavy atom. The zero-order chi connectivity index (χ0) is 12.3. The van der Waals surface area contributed by atoms with Gasteiger partial charge in [0.1, 0.15) is 0 Å². The summed E-state index contributed by atoms with van der Waals surface area (Å²) in [5, 5.41) is 10.3. The predicted octanol–water partition coefficient (Wildman–Crippen LogP) is 2.29. The molecule has 0 aliphatic heterocycles. The zero-order valence-corrected chi connectivity index (χ0v) is 7.71. The second kappa shape index (κ2) is 4.42. The first kappa shape index (κ1) is 12.3. The molecule has 0 aromatic carbocycles. The summed E-state index contributed by atoms with van der Waals surface area (Å²) in [6.45, 7) is -1.34. The quantitative estimate of drug-likeness (QED) is 0.776. The highest BCUT2D eigenvalue weighted by Crippen LogP contribution is 2.23. The number of alkyl halides is 4. The molecule has 0 bridgehead atoms. The number of carboxylic acids is 1. The molecule has 0 aliphatic carbocycles. The van der Waals surface area contributed by atoms with Gasteiger partial charge in [0.25, 0.3) is 0 Å². The number of carbonyl (C=O) groups is 1. The van der Waals surface area contributed by atoms with Crippen molar-refractivity contribution >= 4 is 11.9 Å². The minimum absolute atomic E-state index is 0.308. The third kappa shape index (κ3) is 2.88. The van der Waals surface area contributed by atoms with Crippen LogP contribution >= 0.6 is 0 Å². The van der Waals surface area contributed by atoms with E-state index >= 15 is 0 Å². The van der Waals surface area contributed by atoms with Crippen LogP contribution in [-0.2, 0) is 0 Å². The minimum atomic E-state index is -4.20. The van der Waals surface area contributed by atoms with Crippen LogP contribution in [0.1, 0.15) is 10.6 Å². The van der Waals surface area contributed by atoms with Crippen LogP contribution in [0.5, 0.6) is 0 Å². The molecular formula is C8H7F4NO3. The number of halogens is 4. The number of anilines is 1. The van der Waals surface area contributed by atoms with Crippen molar-refractivity contribution in [2.45, 2.75) is 12.3 Å². The van der Waals surface area contributed by atoms with E-state index in [1.54, 1.807) is 0 Å². The minimum Gasteiger partial charge on any atom is -0.475 e. The first-order valence-corrected chi connectivity index (χ1v) is 4.06. The summed E-state index contributed by atoms with van der Waals surface area (Å²) >= 11 is 0. The fourth-order valence-corrected chi connectivity index (χ4v) is 0.830. The molecule has 90 valence electrons. The van der Waals surface area contributed by atoms with Crippen LogP contribution in [0.3, 0.4) is 0 Å². The van der Waals surface area contributed by atoms with Gasteiger partial charge in [0.2, 0.25) is 5.76 Å². The van der Waals surface area contributed by atoms with Gasteiger partial charge in [-0.3, -0.25) is 0 Å². The SMILES string of the molecule is O=C(O)c1ccc(NCC(F)(F)C(F)F)o1. The Morgan fingerprint density at radius 1 is 1.50 bits per heavy atom. The van der Waals surface area contributed by atoms with Crippen molar-refractivity contribution in [1.29, 1.82) is 0 Å². The summed E-state index contributed by atoms with van der Waals surface area (Å²) in [5.74, 6) is -6.36. The van der Waals surface area contributed by atoms with Crippen molar-refractivity contribution in [3.05, 3.63) is 17.9 Å². The van der Waals surface area contributed by atoms with Crippen LogP contribution in [0.15, 0.2) is 16.5 Å². The van der Waals surface area contributed by atoms with Crippen LogP contribution in [0.4, 0.5) is 23.4 Å². The van der Waals surface area contributed by atoms with Crippen molar-refractivity contribution in [3.63, 3.8) is 0 Å². The molecule has 2 N–H and O–H groups in total. The number of rotatable bonds is 5. The molecule has 4 nitrogen and oxygen atoms in total. The first-order chi connectivity index (χ1) is 7.33. The van der Waals surface area contributed by atoms with E-state index in [-0.39, 0.29) is 5.88 Å². The zero-order valence-electron chi connectivity index (χ0n) is 7.71. The maximum atomic E-state index is 12.4. The Morgan fingerprint density at radius 2 is 2.12 bits per heavy atom. The topological polar surface area (TPSA) is 62.5 Å². The average Bonchev–Trinajstić information content (AvgIpc) is 2.63. The van der Waals surface area contributed by atoms with Crippen molar-refractivity contribution in [2.75, 3.05) is 11.9 Å². The number of aromatic carboxylic acids is 1. The lowest BCUT2D eigenvalue weighted by Crippen LogP contribution is -2.34. The van der Waals surface area contributed by atoms with E-state index in [2.05, 4.69) is 4.42 Å². The van der Waals surface area contributed by atoms with Crippen LogP contribution in [0.2, 0.25) is 0 Å². The molecule has 0 spiro atoms. The maximum absolute atomic E-state index is 12.4. The lowest BCUT2D eigenvalue weighted by Gasteiger charge is -2.14. The molecular weight excluding hydrogens is 234 g/mol. The highest BCUT2D eigenvalue weighted by atomic mass is 19.3. The molecule has 0 aliphatic rings. The highest BCUT2D eigenvalue weighted by molar-refractivity contribution is 5.84. The first-order valence-electron chi connectivity index (χ1n) is 4.06. The molecule has 1 heterocycles. The lowest BCUT2D eigenvalue weighted by molar-refractivity contribution is -0.117. The maximum Gasteiger partial charge on any atom is 0.371 e. The Balaban J connectivity index is 2.58. The van der Waals surface area contributed by atoms with Gasteiger partial charge in [-0.2, -0.15) is 8.78 Å². The Hall–Kier alpha value is -1.73. The summed E-state index contributed by atoms with van der Waals surface area (Å²) in [4.78, 5) is 10.3. The monoisotopic (exact) mass is 241 g/mol. The molecule has 0 fully saturated rings. The standard InChI is InChI=1S/C8H7F4NO3/c9-7(10)8(11,12)3-13-5-2-1-4(16-5)6(14)15/h1-2,7,13H,3H2,(H,14,15). The second-order valence-corrected chi connectivity index (χ2v) is 2.88. The van der Waals surface area contributed by atoms with Crippen molar-refractivity contribution in [1.82, 2.24) is 0 Å². The molecule has 0 saturated carbocycles. The van der Waals surface area contributed by atoms with E-state index in [9.17, 15) is 22.4 Å². The fourth-order valence-electron chi connectivity index (χ4n) is 0.830. The number of nitrogens with one attached hydrogen (secondary N) is 1. The molecule has 0 amide bonds. The second-order valence-electron chi connectivity index (χ2n) is 2.88. The van der Waals surface area contributed by atoms with E-state index in [1.807, 2.05) is 5.32 Å². The van der Waals surface area contributed by atoms with Crippen molar-refractivity contribution in [3.8, 4) is 0 Å². The van der Waals surface area contributed by atoms with Gasteiger partial charge in [-0.25, -0.2) is 13.6 Å². The summed E-state index contributed by atoms with van der Waals surface area (Å²) in [6.07, 6.45) is -3.80. The van der Waals surface area contributed by atoms with Crippen molar-refractivity contribution in [2.24, 2.45) is 0 Å². The van der Waals surface area contributed by atoms with Gasteiger partial charge in [0, 0.05) is 6.07 Å². The lowest BCUT2D eigenvalue weighted by atomic mass is 10.3. The van der Waals surface area contributed by atoms with Gasteiger partial charge < -0.3 is 14.8 Å². The Bertz CT molecular complexity index is 377. The largest absolute Gasteiger partial charge is 0.475 e. The number of hydrogen-bond donors (Lipinski definition) is 2. The Kier molecular flexibility index (Phi) is 3.41. The summed E-state index contributed by atoms with van der Waals surface area (Å²) in [7, 11) is 0. The smallest absolute Gasteiger partial charge is 0.371 e. The van der Waals surface area contributed by atoms with E-state index in [1.165, 1.54) is 0 Å². The van der Waals surface area contributed by atoms with Gasteiger partial charge >= 0.3 is 18.3 Å². The van der Waals surface area contributed by atoms with E-state index in [0.717, 1.165) is 12.1 Å². The third-order valence-electron chi connectivity index (χ3n) is 1.63. The number of furan rings is 1. The highest BCUT2D eigenvalue weighted by Gasteiger charge is 2.40. The molecule has 0 unspecified atom stereocenters. The fraction of sp³-hybridized carbons (Fsp3) is 0.375. The van der Waals surface area contributed by atoms with Crippen LogP contribution in [0, 0.1) is 0 Å². The number of carboxylic acid groups (broad SMARTS) is 1. The molecule has 1 aromatic rings. The molecule has 8 heteroatoms. The van der Waals surface area contributed by atoms with E-state index in [4.69, 9.17) is 5.11 Å².